The van der Waals surface area contributed by atoms with Gasteiger partial charge in [-0.05, 0) is 24.3 Å². The molecule has 8 heteroatoms. The van der Waals surface area contributed by atoms with E-state index in [0.29, 0.717) is 32.6 Å². The largest absolute Gasteiger partial charge is 0.469 e. The minimum Gasteiger partial charge on any atom is -0.469 e. The van der Waals surface area contributed by atoms with Gasteiger partial charge in [0.1, 0.15) is 0 Å². The quantitative estimate of drug-likeness (QED) is 0.748. The van der Waals surface area contributed by atoms with Gasteiger partial charge in [0.15, 0.2) is 6.17 Å². The Morgan fingerprint density at radius 2 is 2.00 bits per heavy atom. The predicted octanol–water partition coefficient (Wildman–Crippen LogP) is 3.26. The number of anilines is 1. The molecule has 2 N–H and O–H groups in total. The van der Waals surface area contributed by atoms with Crippen LogP contribution in [0.15, 0.2) is 47.5 Å². The highest BCUT2D eigenvalue weighted by Gasteiger charge is 2.26. The van der Waals surface area contributed by atoms with Gasteiger partial charge in [0, 0.05) is 27.7 Å². The van der Waals surface area contributed by atoms with Gasteiger partial charge in [-0.3, -0.25) is 19.9 Å². The lowest BCUT2D eigenvalue weighted by molar-refractivity contribution is -0.140. The first-order valence-electron chi connectivity index (χ1n) is 8.23. The average molecular weight is 406 g/mol. The van der Waals surface area contributed by atoms with Gasteiger partial charge < -0.3 is 10.1 Å². The molecule has 0 saturated carbocycles. The Labute approximate surface area is 166 Å². The SMILES string of the molecule is COC(=O)CCN[C@@H]1N=C(c2ccccc2Cl)c2cc(Cl)ccc2NC1=O. The second kappa shape index (κ2) is 8.52. The number of carbonyl (C=O) groups excluding carboxylic acids is 2. The van der Waals surface area contributed by atoms with E-state index in [1.165, 1.54) is 7.11 Å². The average Bonchev–Trinajstić information content (AvgIpc) is 2.79. The molecule has 1 aliphatic heterocycles. The molecule has 0 saturated heterocycles. The number of nitrogens with one attached hydrogen (secondary N) is 2. The zero-order valence-corrected chi connectivity index (χ0v) is 16.0. The van der Waals surface area contributed by atoms with E-state index in [1.54, 1.807) is 24.3 Å². The number of ether oxygens (including phenoxy) is 1. The normalized spacial score (nSPS) is 16.0. The van der Waals surface area contributed by atoms with Crippen LogP contribution >= 0.6 is 23.2 Å². The molecule has 2 aromatic carbocycles. The number of benzene rings is 2. The molecule has 1 amide bonds. The topological polar surface area (TPSA) is 79.8 Å². The fourth-order valence-electron chi connectivity index (χ4n) is 2.70. The number of nitrogens with zero attached hydrogens (tertiary/aromatic N) is 1. The third kappa shape index (κ3) is 4.47. The van der Waals surface area contributed by atoms with Crippen LogP contribution in [-0.2, 0) is 14.3 Å². The zero-order chi connectivity index (χ0) is 19.4. The number of methoxy groups -OCH3 is 1. The second-order valence-electron chi connectivity index (χ2n) is 5.82. The molecule has 0 radical (unpaired) electrons. The Kier molecular flexibility index (Phi) is 6.11. The minimum absolute atomic E-state index is 0.121. The van der Waals surface area contributed by atoms with Crippen LogP contribution in [0.5, 0.6) is 0 Å². The maximum atomic E-state index is 12.6. The summed E-state index contributed by atoms with van der Waals surface area (Å²) in [4.78, 5) is 28.5. The number of fused-ring (bicyclic) bond motifs is 1. The Hall–Kier alpha value is -2.41. The van der Waals surface area contributed by atoms with Crippen molar-refractivity contribution < 1.29 is 14.3 Å². The number of benzodiazepines with no additional fused rings is 1. The molecule has 3 rings (SSSR count). The Morgan fingerprint density at radius 3 is 2.74 bits per heavy atom. The molecule has 0 aromatic heterocycles. The number of hydrogen-bond acceptors (Lipinski definition) is 5. The summed E-state index contributed by atoms with van der Waals surface area (Å²) in [6.07, 6.45) is -0.775. The lowest BCUT2D eigenvalue weighted by Crippen LogP contribution is -2.39. The first-order valence-corrected chi connectivity index (χ1v) is 8.99. The highest BCUT2D eigenvalue weighted by Crippen LogP contribution is 2.29. The van der Waals surface area contributed by atoms with Crippen molar-refractivity contribution in [1.29, 1.82) is 0 Å². The van der Waals surface area contributed by atoms with Gasteiger partial charge in [0.25, 0.3) is 5.91 Å². The number of aliphatic imine (C=N–C) groups is 1. The van der Waals surface area contributed by atoms with Crippen LogP contribution in [0, 0.1) is 0 Å². The van der Waals surface area contributed by atoms with Gasteiger partial charge in [-0.2, -0.15) is 0 Å². The van der Waals surface area contributed by atoms with E-state index in [1.807, 2.05) is 18.2 Å². The molecule has 0 bridgehead atoms. The van der Waals surface area contributed by atoms with Crippen LogP contribution in [0.1, 0.15) is 17.5 Å². The first kappa shape index (κ1) is 19.4. The summed E-state index contributed by atoms with van der Waals surface area (Å²) >= 11 is 12.5. The molecular formula is C19H17Cl2N3O3. The van der Waals surface area contributed by atoms with E-state index in [2.05, 4.69) is 20.4 Å². The molecule has 0 aliphatic carbocycles. The van der Waals surface area contributed by atoms with E-state index in [0.717, 1.165) is 0 Å². The van der Waals surface area contributed by atoms with E-state index < -0.39 is 6.17 Å². The van der Waals surface area contributed by atoms with Crippen LogP contribution < -0.4 is 10.6 Å². The summed E-state index contributed by atoms with van der Waals surface area (Å²) in [5, 5.41) is 6.82. The number of halogens is 2. The monoisotopic (exact) mass is 405 g/mol. The molecule has 27 heavy (non-hydrogen) atoms. The van der Waals surface area contributed by atoms with Crippen LogP contribution in [0.2, 0.25) is 10.0 Å². The van der Waals surface area contributed by atoms with Crippen LogP contribution in [0.4, 0.5) is 5.69 Å². The molecule has 0 spiro atoms. The van der Waals surface area contributed by atoms with Crippen LogP contribution in [0.25, 0.3) is 0 Å². The zero-order valence-electron chi connectivity index (χ0n) is 14.5. The fraction of sp³-hybridized carbons (Fsp3) is 0.211. The van der Waals surface area contributed by atoms with E-state index >= 15 is 0 Å². The molecule has 1 atom stereocenters. The van der Waals surface area contributed by atoms with E-state index in [4.69, 9.17) is 23.2 Å². The van der Waals surface area contributed by atoms with Crippen molar-refractivity contribution in [2.24, 2.45) is 4.99 Å². The molecule has 140 valence electrons. The van der Waals surface area contributed by atoms with Crippen molar-refractivity contribution in [2.75, 3.05) is 19.0 Å². The van der Waals surface area contributed by atoms with Gasteiger partial charge in [0.05, 0.1) is 24.9 Å². The number of rotatable bonds is 5. The number of amides is 1. The summed E-state index contributed by atoms with van der Waals surface area (Å²) in [5.41, 5.74) is 2.47. The van der Waals surface area contributed by atoms with Crippen molar-refractivity contribution in [3.05, 3.63) is 63.6 Å². The van der Waals surface area contributed by atoms with E-state index in [9.17, 15) is 9.59 Å². The number of esters is 1. The molecule has 1 heterocycles. The standard InChI is InChI=1S/C19H17Cl2N3O3/c1-27-16(25)8-9-22-18-19(26)23-15-7-6-11(20)10-13(15)17(24-18)12-4-2-3-5-14(12)21/h2-7,10,18,22H,8-9H2,1H3,(H,23,26)/t18-/m1/s1. The molecule has 0 fully saturated rings. The third-order valence-corrected chi connectivity index (χ3v) is 4.59. The molecule has 0 unspecified atom stereocenters. The van der Waals surface area contributed by atoms with Gasteiger partial charge in [-0.15, -0.1) is 0 Å². The number of carbonyl (C=O) groups is 2. The first-order chi connectivity index (χ1) is 13.0. The van der Waals surface area contributed by atoms with Gasteiger partial charge in [-0.1, -0.05) is 41.4 Å². The summed E-state index contributed by atoms with van der Waals surface area (Å²) in [5.74, 6) is -0.715. The summed E-state index contributed by atoms with van der Waals surface area (Å²) in [6.45, 7) is 0.237. The van der Waals surface area contributed by atoms with Crippen LogP contribution in [-0.4, -0.2) is 37.4 Å². The van der Waals surface area contributed by atoms with Gasteiger partial charge >= 0.3 is 5.97 Å². The van der Waals surface area contributed by atoms with Crippen molar-refractivity contribution in [1.82, 2.24) is 5.32 Å². The van der Waals surface area contributed by atoms with Crippen molar-refractivity contribution in [3.8, 4) is 0 Å². The highest BCUT2D eigenvalue weighted by molar-refractivity contribution is 6.37. The van der Waals surface area contributed by atoms with Gasteiger partial charge in [-0.25, -0.2) is 0 Å². The fourth-order valence-corrected chi connectivity index (χ4v) is 3.10. The molecule has 1 aliphatic rings. The summed E-state index contributed by atoms with van der Waals surface area (Å²) in [6, 6.07) is 12.4. The molecule has 2 aromatic rings. The minimum atomic E-state index is -0.896. The maximum Gasteiger partial charge on any atom is 0.306 e. The third-order valence-electron chi connectivity index (χ3n) is 4.02. The van der Waals surface area contributed by atoms with Crippen molar-refractivity contribution in [2.45, 2.75) is 12.6 Å². The smallest absolute Gasteiger partial charge is 0.306 e. The predicted molar refractivity (Wildman–Crippen MR) is 106 cm³/mol. The lowest BCUT2D eigenvalue weighted by atomic mass is 10.0. The molecular weight excluding hydrogens is 389 g/mol. The lowest BCUT2D eigenvalue weighted by Gasteiger charge is -2.13. The van der Waals surface area contributed by atoms with Crippen molar-refractivity contribution >= 4 is 46.5 Å². The summed E-state index contributed by atoms with van der Waals surface area (Å²) in [7, 11) is 1.31. The second-order valence-corrected chi connectivity index (χ2v) is 6.66. The van der Waals surface area contributed by atoms with Gasteiger partial charge in [0.2, 0.25) is 0 Å². The Morgan fingerprint density at radius 1 is 1.22 bits per heavy atom. The van der Waals surface area contributed by atoms with Crippen molar-refractivity contribution in [3.63, 3.8) is 0 Å². The molecule has 6 nitrogen and oxygen atoms in total. The number of hydrogen-bond donors (Lipinski definition) is 2. The maximum absolute atomic E-state index is 12.6. The Bertz CT molecular complexity index is 915. The highest BCUT2D eigenvalue weighted by atomic mass is 35.5. The van der Waals surface area contributed by atoms with E-state index in [-0.39, 0.29) is 24.8 Å². The van der Waals surface area contributed by atoms with Crippen LogP contribution in [0.3, 0.4) is 0 Å². The summed E-state index contributed by atoms with van der Waals surface area (Å²) < 4.78 is 4.61. The Balaban J connectivity index is 2.02.